The minimum absolute atomic E-state index is 0. The molecule has 0 aromatic carbocycles. The first-order valence-electron chi connectivity index (χ1n) is 8.06. The van der Waals surface area contributed by atoms with Crippen LogP contribution in [0.5, 0.6) is 0 Å². The number of nitrogens with one attached hydrogen (secondary N) is 1. The molecule has 6 heteroatoms. The van der Waals surface area contributed by atoms with Gasteiger partial charge in [0.25, 0.3) is 0 Å². The summed E-state index contributed by atoms with van der Waals surface area (Å²) < 4.78 is 5.42. The van der Waals surface area contributed by atoms with Crippen molar-refractivity contribution in [3.8, 4) is 0 Å². The van der Waals surface area contributed by atoms with Crippen molar-refractivity contribution < 1.29 is 4.74 Å². The van der Waals surface area contributed by atoms with Gasteiger partial charge in [0.15, 0.2) is 5.96 Å². The normalized spacial score (nSPS) is 24.6. The number of hydrogen-bond donors (Lipinski definition) is 1. The second kappa shape index (κ2) is 10.9. The molecule has 2 fully saturated rings. The summed E-state index contributed by atoms with van der Waals surface area (Å²) in [7, 11) is 0. The molecule has 0 aliphatic carbocycles. The number of hydrogen-bond acceptors (Lipinski definition) is 3. The standard InChI is InChI=1S/C15H29N3OS.HI/c1-3-14-12-18(7-10-20-14)15(16-4-2)17-11-13-5-8-19-9-6-13;/h13-14H,3-12H2,1-2H3,(H,16,17);1H. The number of aliphatic imine (C=N–C) groups is 1. The van der Waals surface area contributed by atoms with Crippen LogP contribution >= 0.6 is 35.7 Å². The maximum Gasteiger partial charge on any atom is 0.193 e. The summed E-state index contributed by atoms with van der Waals surface area (Å²) in [6.07, 6.45) is 3.58. The van der Waals surface area contributed by atoms with Gasteiger partial charge >= 0.3 is 0 Å². The van der Waals surface area contributed by atoms with Gasteiger partial charge in [0.2, 0.25) is 0 Å². The highest BCUT2D eigenvalue weighted by atomic mass is 127. The van der Waals surface area contributed by atoms with E-state index in [0.29, 0.717) is 5.92 Å². The quantitative estimate of drug-likeness (QED) is 0.426. The lowest BCUT2D eigenvalue weighted by molar-refractivity contribution is 0.0688. The van der Waals surface area contributed by atoms with Crippen LogP contribution in [0.25, 0.3) is 0 Å². The Balaban J connectivity index is 0.00000220. The minimum atomic E-state index is 0. The van der Waals surface area contributed by atoms with Gasteiger partial charge in [0.05, 0.1) is 0 Å². The van der Waals surface area contributed by atoms with E-state index in [0.717, 1.165) is 63.4 Å². The molecule has 2 rings (SSSR count). The lowest BCUT2D eigenvalue weighted by Gasteiger charge is -2.34. The molecule has 1 N–H and O–H groups in total. The fourth-order valence-electron chi connectivity index (χ4n) is 2.73. The first kappa shape index (κ1) is 19.4. The number of ether oxygens (including phenoxy) is 1. The molecular formula is C15H30IN3OS. The molecule has 2 aliphatic rings. The maximum atomic E-state index is 5.42. The monoisotopic (exact) mass is 427 g/mol. The van der Waals surface area contributed by atoms with Crippen molar-refractivity contribution in [1.82, 2.24) is 10.2 Å². The zero-order valence-electron chi connectivity index (χ0n) is 13.3. The van der Waals surface area contributed by atoms with E-state index >= 15 is 0 Å². The van der Waals surface area contributed by atoms with Crippen LogP contribution in [0.1, 0.15) is 33.1 Å². The van der Waals surface area contributed by atoms with Crippen LogP contribution in [0.2, 0.25) is 0 Å². The van der Waals surface area contributed by atoms with Crippen molar-refractivity contribution in [2.24, 2.45) is 10.9 Å². The van der Waals surface area contributed by atoms with E-state index in [4.69, 9.17) is 9.73 Å². The first-order chi connectivity index (χ1) is 9.83. The summed E-state index contributed by atoms with van der Waals surface area (Å²) in [5.74, 6) is 3.05. The molecule has 2 heterocycles. The average molecular weight is 427 g/mol. The Hall–Kier alpha value is 0.310. The number of thioether (sulfide) groups is 1. The largest absolute Gasteiger partial charge is 0.381 e. The van der Waals surface area contributed by atoms with Gasteiger partial charge in [-0.3, -0.25) is 4.99 Å². The zero-order chi connectivity index (χ0) is 14.2. The van der Waals surface area contributed by atoms with Crippen LogP contribution in [0.15, 0.2) is 4.99 Å². The molecule has 0 amide bonds. The number of halogens is 1. The van der Waals surface area contributed by atoms with Crippen LogP contribution in [0, 0.1) is 5.92 Å². The van der Waals surface area contributed by atoms with Crippen molar-refractivity contribution in [3.05, 3.63) is 0 Å². The highest BCUT2D eigenvalue weighted by Crippen LogP contribution is 2.21. The van der Waals surface area contributed by atoms with Gasteiger partial charge in [-0.15, -0.1) is 24.0 Å². The smallest absolute Gasteiger partial charge is 0.193 e. The van der Waals surface area contributed by atoms with E-state index in [-0.39, 0.29) is 24.0 Å². The Morgan fingerprint density at radius 2 is 2.10 bits per heavy atom. The molecule has 0 spiro atoms. The van der Waals surface area contributed by atoms with Crippen molar-refractivity contribution >= 4 is 41.7 Å². The molecule has 0 radical (unpaired) electrons. The number of guanidine groups is 1. The van der Waals surface area contributed by atoms with Crippen LogP contribution < -0.4 is 5.32 Å². The van der Waals surface area contributed by atoms with E-state index in [1.807, 2.05) is 0 Å². The van der Waals surface area contributed by atoms with E-state index in [2.05, 4.69) is 35.8 Å². The molecule has 124 valence electrons. The summed E-state index contributed by atoms with van der Waals surface area (Å²) in [6.45, 7) is 10.4. The maximum absolute atomic E-state index is 5.42. The molecule has 2 aliphatic heterocycles. The average Bonchev–Trinajstić information content (AvgIpc) is 2.52. The van der Waals surface area contributed by atoms with E-state index < -0.39 is 0 Å². The van der Waals surface area contributed by atoms with Gasteiger partial charge in [-0.25, -0.2) is 0 Å². The van der Waals surface area contributed by atoms with Gasteiger partial charge in [0.1, 0.15) is 0 Å². The summed E-state index contributed by atoms with van der Waals surface area (Å²) in [4.78, 5) is 7.35. The lowest BCUT2D eigenvalue weighted by atomic mass is 10.0. The Bertz CT molecular complexity index is 311. The predicted octanol–water partition coefficient (Wildman–Crippen LogP) is 2.82. The number of nitrogens with zero attached hydrogens (tertiary/aromatic N) is 2. The van der Waals surface area contributed by atoms with Gasteiger partial charge in [-0.2, -0.15) is 11.8 Å². The van der Waals surface area contributed by atoms with Crippen molar-refractivity contribution in [2.75, 3.05) is 45.1 Å². The molecular weight excluding hydrogens is 397 g/mol. The van der Waals surface area contributed by atoms with Crippen molar-refractivity contribution in [1.29, 1.82) is 0 Å². The molecule has 2 saturated heterocycles. The van der Waals surface area contributed by atoms with Crippen LogP contribution in [0.4, 0.5) is 0 Å². The Labute approximate surface area is 150 Å². The van der Waals surface area contributed by atoms with Gasteiger partial charge < -0.3 is 15.0 Å². The van der Waals surface area contributed by atoms with E-state index in [9.17, 15) is 0 Å². The first-order valence-corrected chi connectivity index (χ1v) is 9.11. The van der Waals surface area contributed by atoms with Crippen LogP contribution in [-0.4, -0.2) is 61.3 Å². The van der Waals surface area contributed by atoms with E-state index in [1.54, 1.807) is 0 Å². The summed E-state index contributed by atoms with van der Waals surface area (Å²) >= 11 is 2.11. The van der Waals surface area contributed by atoms with Gasteiger partial charge in [0, 0.05) is 50.4 Å². The van der Waals surface area contributed by atoms with E-state index in [1.165, 1.54) is 12.2 Å². The Morgan fingerprint density at radius 3 is 2.76 bits per heavy atom. The van der Waals surface area contributed by atoms with Crippen molar-refractivity contribution in [2.45, 2.75) is 38.4 Å². The third-order valence-corrected chi connectivity index (χ3v) is 5.44. The molecule has 21 heavy (non-hydrogen) atoms. The Morgan fingerprint density at radius 1 is 1.33 bits per heavy atom. The van der Waals surface area contributed by atoms with Gasteiger partial charge in [-0.05, 0) is 32.1 Å². The zero-order valence-corrected chi connectivity index (χ0v) is 16.5. The SMILES string of the molecule is CCNC(=NCC1CCOCC1)N1CCSC(CC)C1.I. The lowest BCUT2D eigenvalue weighted by Crippen LogP contribution is -2.48. The summed E-state index contributed by atoms with van der Waals surface area (Å²) in [5, 5.41) is 4.23. The third-order valence-electron chi connectivity index (χ3n) is 4.07. The van der Waals surface area contributed by atoms with Crippen molar-refractivity contribution in [3.63, 3.8) is 0 Å². The van der Waals surface area contributed by atoms with Crippen LogP contribution in [-0.2, 0) is 4.74 Å². The fourth-order valence-corrected chi connectivity index (χ4v) is 3.91. The summed E-state index contributed by atoms with van der Waals surface area (Å²) in [6, 6.07) is 0. The van der Waals surface area contributed by atoms with Gasteiger partial charge in [-0.1, -0.05) is 6.92 Å². The predicted molar refractivity (Wildman–Crippen MR) is 103 cm³/mol. The second-order valence-corrected chi connectivity index (χ2v) is 7.01. The Kier molecular flexibility index (Phi) is 10.1. The molecule has 0 aromatic heterocycles. The molecule has 0 bridgehead atoms. The fraction of sp³-hybridized carbons (Fsp3) is 0.933. The molecule has 4 nitrogen and oxygen atoms in total. The highest BCUT2D eigenvalue weighted by Gasteiger charge is 2.22. The highest BCUT2D eigenvalue weighted by molar-refractivity contribution is 14.0. The molecule has 1 atom stereocenters. The molecule has 0 saturated carbocycles. The molecule has 1 unspecified atom stereocenters. The second-order valence-electron chi connectivity index (χ2n) is 5.60. The van der Waals surface area contributed by atoms with Crippen LogP contribution in [0.3, 0.4) is 0 Å². The minimum Gasteiger partial charge on any atom is -0.381 e. The third kappa shape index (κ3) is 6.52. The summed E-state index contributed by atoms with van der Waals surface area (Å²) in [5.41, 5.74) is 0. The topological polar surface area (TPSA) is 36.9 Å². The number of rotatable bonds is 4. The molecule has 0 aromatic rings.